The third-order valence-corrected chi connectivity index (χ3v) is 3.76. The van der Waals surface area contributed by atoms with Gasteiger partial charge in [0.25, 0.3) is 0 Å². The first-order valence-electron chi connectivity index (χ1n) is 7.60. The first kappa shape index (κ1) is 15.8. The fraction of sp³-hybridized carbons (Fsp3) is 0.588. The Bertz CT molecular complexity index is 473. The van der Waals surface area contributed by atoms with Gasteiger partial charge in [0.15, 0.2) is 0 Å². The molecule has 1 aliphatic heterocycles. The smallest absolute Gasteiger partial charge is 0.226 e. The molecule has 116 valence electrons. The molecule has 2 N–H and O–H groups in total. The van der Waals surface area contributed by atoms with Crippen molar-refractivity contribution in [3.05, 3.63) is 29.8 Å². The summed E-state index contributed by atoms with van der Waals surface area (Å²) >= 11 is 0. The molecule has 4 nitrogen and oxygen atoms in total. The van der Waals surface area contributed by atoms with Crippen molar-refractivity contribution in [3.63, 3.8) is 0 Å². The van der Waals surface area contributed by atoms with E-state index in [1.54, 1.807) is 0 Å². The Morgan fingerprint density at radius 2 is 1.95 bits per heavy atom. The van der Waals surface area contributed by atoms with Crippen LogP contribution in [0.1, 0.15) is 33.3 Å². The van der Waals surface area contributed by atoms with Crippen LogP contribution in [0, 0.1) is 5.92 Å². The maximum Gasteiger partial charge on any atom is 0.226 e. The van der Waals surface area contributed by atoms with E-state index in [4.69, 9.17) is 4.74 Å². The van der Waals surface area contributed by atoms with E-state index in [1.165, 1.54) is 5.56 Å². The molecule has 1 heterocycles. The second-order valence-corrected chi connectivity index (χ2v) is 6.85. The van der Waals surface area contributed by atoms with Crippen molar-refractivity contribution in [2.24, 2.45) is 5.92 Å². The number of nitrogens with one attached hydrogen (secondary N) is 2. The minimum atomic E-state index is 0.0143. The molecule has 1 saturated heterocycles. The van der Waals surface area contributed by atoms with Crippen molar-refractivity contribution in [2.45, 2.75) is 39.2 Å². The van der Waals surface area contributed by atoms with Gasteiger partial charge in [0.1, 0.15) is 12.4 Å². The van der Waals surface area contributed by atoms with Crippen LogP contribution < -0.4 is 15.4 Å². The minimum Gasteiger partial charge on any atom is -0.491 e. The summed E-state index contributed by atoms with van der Waals surface area (Å²) in [6.07, 6.45) is 0. The quantitative estimate of drug-likeness (QED) is 0.873. The fourth-order valence-corrected chi connectivity index (χ4v) is 2.15. The zero-order valence-electron chi connectivity index (χ0n) is 13.4. The summed E-state index contributed by atoms with van der Waals surface area (Å²) in [7, 11) is 0. The Morgan fingerprint density at radius 1 is 1.33 bits per heavy atom. The fourth-order valence-electron chi connectivity index (χ4n) is 2.15. The third kappa shape index (κ3) is 4.46. The molecule has 0 spiro atoms. The maximum atomic E-state index is 11.8. The second-order valence-electron chi connectivity index (χ2n) is 6.85. The minimum absolute atomic E-state index is 0.0143. The maximum absolute atomic E-state index is 11.8. The summed E-state index contributed by atoms with van der Waals surface area (Å²) in [4.78, 5) is 11.8. The SMILES string of the molecule is CC(COc1ccc(C(C)(C)C)cc1)NC(=O)C1CNC1. The first-order valence-corrected chi connectivity index (χ1v) is 7.60. The van der Waals surface area contributed by atoms with Crippen molar-refractivity contribution < 1.29 is 9.53 Å². The lowest BCUT2D eigenvalue weighted by molar-refractivity contribution is -0.127. The molecule has 1 fully saturated rings. The van der Waals surface area contributed by atoms with E-state index in [9.17, 15) is 4.79 Å². The van der Waals surface area contributed by atoms with Crippen molar-refractivity contribution in [3.8, 4) is 5.75 Å². The van der Waals surface area contributed by atoms with Crippen LogP contribution in [0.3, 0.4) is 0 Å². The van der Waals surface area contributed by atoms with Gasteiger partial charge in [-0.2, -0.15) is 0 Å². The molecule has 0 saturated carbocycles. The molecule has 0 bridgehead atoms. The molecule has 0 aliphatic carbocycles. The molecule has 1 aliphatic rings. The average molecular weight is 290 g/mol. The zero-order valence-corrected chi connectivity index (χ0v) is 13.4. The number of rotatable bonds is 5. The highest BCUT2D eigenvalue weighted by Gasteiger charge is 2.25. The summed E-state index contributed by atoms with van der Waals surface area (Å²) in [6, 6.07) is 8.19. The molecule has 21 heavy (non-hydrogen) atoms. The summed E-state index contributed by atoms with van der Waals surface area (Å²) in [5, 5.41) is 6.08. The van der Waals surface area contributed by atoms with E-state index in [2.05, 4.69) is 43.5 Å². The van der Waals surface area contributed by atoms with Crippen LogP contribution in [0.5, 0.6) is 5.75 Å². The van der Waals surface area contributed by atoms with E-state index in [1.807, 2.05) is 19.1 Å². The molecular formula is C17H26N2O2. The van der Waals surface area contributed by atoms with Crippen LogP contribution in [-0.4, -0.2) is 31.6 Å². The summed E-state index contributed by atoms with van der Waals surface area (Å²) in [5.74, 6) is 1.08. The number of amides is 1. The van der Waals surface area contributed by atoms with Gasteiger partial charge >= 0.3 is 0 Å². The van der Waals surface area contributed by atoms with Gasteiger partial charge in [0.2, 0.25) is 5.91 Å². The molecule has 1 unspecified atom stereocenters. The van der Waals surface area contributed by atoms with Gasteiger partial charge in [0, 0.05) is 13.1 Å². The van der Waals surface area contributed by atoms with Gasteiger partial charge in [0.05, 0.1) is 12.0 Å². The predicted octanol–water partition coefficient (Wildman–Crippen LogP) is 2.09. The van der Waals surface area contributed by atoms with Gasteiger partial charge in [-0.15, -0.1) is 0 Å². The van der Waals surface area contributed by atoms with Gasteiger partial charge in [-0.05, 0) is 30.0 Å². The average Bonchev–Trinajstić information content (AvgIpc) is 2.33. The molecule has 1 amide bonds. The van der Waals surface area contributed by atoms with Crippen LogP contribution in [0.15, 0.2) is 24.3 Å². The lowest BCUT2D eigenvalue weighted by Crippen LogP contribution is -2.53. The van der Waals surface area contributed by atoms with Crippen molar-refractivity contribution in [1.82, 2.24) is 10.6 Å². The van der Waals surface area contributed by atoms with Crippen molar-refractivity contribution >= 4 is 5.91 Å². The van der Waals surface area contributed by atoms with Gasteiger partial charge in [-0.25, -0.2) is 0 Å². The van der Waals surface area contributed by atoms with Crippen LogP contribution >= 0.6 is 0 Å². The van der Waals surface area contributed by atoms with Gasteiger partial charge in [-0.3, -0.25) is 4.79 Å². The third-order valence-electron chi connectivity index (χ3n) is 3.76. The lowest BCUT2D eigenvalue weighted by atomic mass is 9.87. The Morgan fingerprint density at radius 3 is 2.43 bits per heavy atom. The Kier molecular flexibility index (Phi) is 4.88. The van der Waals surface area contributed by atoms with Crippen molar-refractivity contribution in [2.75, 3.05) is 19.7 Å². The van der Waals surface area contributed by atoms with Crippen LogP contribution in [0.4, 0.5) is 0 Å². The van der Waals surface area contributed by atoms with E-state index in [0.717, 1.165) is 18.8 Å². The number of hydrogen-bond acceptors (Lipinski definition) is 3. The number of carbonyl (C=O) groups excluding carboxylic acids is 1. The highest BCUT2D eigenvalue weighted by atomic mass is 16.5. The predicted molar refractivity (Wildman–Crippen MR) is 84.6 cm³/mol. The van der Waals surface area contributed by atoms with Crippen LogP contribution in [0.25, 0.3) is 0 Å². The van der Waals surface area contributed by atoms with E-state index < -0.39 is 0 Å². The second kappa shape index (κ2) is 6.48. The molecule has 1 atom stereocenters. The monoisotopic (exact) mass is 290 g/mol. The molecule has 2 rings (SSSR count). The molecule has 1 aromatic carbocycles. The molecule has 4 heteroatoms. The van der Waals surface area contributed by atoms with Crippen LogP contribution in [0.2, 0.25) is 0 Å². The highest BCUT2D eigenvalue weighted by Crippen LogP contribution is 2.24. The molecule has 0 aromatic heterocycles. The summed E-state index contributed by atoms with van der Waals surface area (Å²) in [6.45, 7) is 10.6. The van der Waals surface area contributed by atoms with Crippen molar-refractivity contribution in [1.29, 1.82) is 0 Å². The lowest BCUT2D eigenvalue weighted by Gasteiger charge is -2.27. The molecule has 1 aromatic rings. The van der Waals surface area contributed by atoms with Crippen LogP contribution in [-0.2, 0) is 10.2 Å². The summed E-state index contributed by atoms with van der Waals surface area (Å²) < 4.78 is 5.74. The van der Waals surface area contributed by atoms with Gasteiger partial charge < -0.3 is 15.4 Å². The van der Waals surface area contributed by atoms with E-state index in [-0.39, 0.29) is 23.3 Å². The number of ether oxygens (including phenoxy) is 1. The number of carbonyl (C=O) groups is 1. The summed E-state index contributed by atoms with van der Waals surface area (Å²) in [5.41, 5.74) is 1.44. The largest absolute Gasteiger partial charge is 0.491 e. The highest BCUT2D eigenvalue weighted by molar-refractivity contribution is 5.80. The normalized spacial score (nSPS) is 17.0. The van der Waals surface area contributed by atoms with E-state index in [0.29, 0.717) is 6.61 Å². The zero-order chi connectivity index (χ0) is 15.5. The molecule has 0 radical (unpaired) electrons. The number of benzene rings is 1. The first-order chi connectivity index (χ1) is 9.86. The molecular weight excluding hydrogens is 264 g/mol. The topological polar surface area (TPSA) is 50.4 Å². The number of hydrogen-bond donors (Lipinski definition) is 2. The van der Waals surface area contributed by atoms with Gasteiger partial charge in [-0.1, -0.05) is 32.9 Å². The Hall–Kier alpha value is -1.55. The standard InChI is InChI=1S/C17H26N2O2/c1-12(19-16(20)13-9-18-10-13)11-21-15-7-5-14(6-8-15)17(2,3)4/h5-8,12-13,18H,9-11H2,1-4H3,(H,19,20). The Balaban J connectivity index is 1.78. The van der Waals surface area contributed by atoms with E-state index >= 15 is 0 Å². The Labute approximate surface area is 127 Å².